The number of fused-ring (bicyclic) bond motifs is 2. The van der Waals surface area contributed by atoms with Crippen molar-refractivity contribution in [2.45, 2.75) is 19.6 Å². The highest BCUT2D eigenvalue weighted by Gasteiger charge is 2.32. The van der Waals surface area contributed by atoms with Crippen molar-refractivity contribution in [2.24, 2.45) is 0 Å². The van der Waals surface area contributed by atoms with Gasteiger partial charge in [0.15, 0.2) is 0 Å². The summed E-state index contributed by atoms with van der Waals surface area (Å²) in [5, 5.41) is 20.6. The minimum atomic E-state index is -4.70. The number of ether oxygens (including phenoxy) is 1. The second kappa shape index (κ2) is 10.3. The first-order valence-electron chi connectivity index (χ1n) is 11.5. The number of carboxylic acids is 1. The third-order valence-electron chi connectivity index (χ3n) is 6.19. The molecule has 0 atom stereocenters. The van der Waals surface area contributed by atoms with Crippen LogP contribution in [0.5, 0.6) is 5.75 Å². The van der Waals surface area contributed by atoms with Gasteiger partial charge in [-0.25, -0.2) is 9.78 Å². The largest absolute Gasteiger partial charge is 0.491 e. The highest BCUT2D eigenvalue weighted by molar-refractivity contribution is 7.18. The number of nitriles is 1. The molecule has 8 nitrogen and oxygen atoms in total. The number of carboxylic acid groups (broad SMARTS) is 1. The summed E-state index contributed by atoms with van der Waals surface area (Å²) < 4.78 is 47.7. The van der Waals surface area contributed by atoms with Gasteiger partial charge in [-0.2, -0.15) is 18.4 Å². The number of aromatic carboxylic acids is 1. The van der Waals surface area contributed by atoms with Crippen molar-refractivity contribution in [2.75, 3.05) is 6.61 Å². The molecule has 0 radical (unpaired) electrons. The molecule has 1 N–H and O–H groups in total. The molecule has 0 aliphatic heterocycles. The van der Waals surface area contributed by atoms with E-state index >= 15 is 0 Å². The SMILES string of the molecule is Cc1nc2cc(C(F)(F)F)cc(C#N)c2c(=O)n1CCOc1ccc(Cl)cc1-c1ccnc2c(C(=O)O)csc12. The molecule has 3 heterocycles. The lowest BCUT2D eigenvalue weighted by molar-refractivity contribution is -0.137. The van der Waals surface area contributed by atoms with Crippen LogP contribution in [0.15, 0.2) is 52.8 Å². The van der Waals surface area contributed by atoms with E-state index in [1.54, 1.807) is 30.3 Å². The number of nitrogens with zero attached hydrogens (tertiary/aromatic N) is 4. The molecule has 0 amide bonds. The standard InChI is InChI=1S/C27H16ClF3N4O4S/c1-13-34-20-9-15(27(29,30)31)8-14(11-32)22(20)25(36)35(13)6-7-39-21-3-2-16(28)10-18(21)17-4-5-33-23-19(26(37)38)12-40-24(17)23/h2-5,8-10,12H,6-7H2,1H3,(H,37,38). The highest BCUT2D eigenvalue weighted by atomic mass is 35.5. The Morgan fingerprint density at radius 1 is 1.23 bits per heavy atom. The molecule has 13 heteroatoms. The summed E-state index contributed by atoms with van der Waals surface area (Å²) in [5.74, 6) is -0.553. The van der Waals surface area contributed by atoms with Crippen LogP contribution in [0.4, 0.5) is 13.2 Å². The topological polar surface area (TPSA) is 118 Å². The van der Waals surface area contributed by atoms with Gasteiger partial charge in [-0.3, -0.25) is 14.3 Å². The number of halogens is 4. The molecule has 0 aliphatic rings. The zero-order valence-electron chi connectivity index (χ0n) is 20.4. The first-order valence-corrected chi connectivity index (χ1v) is 12.8. The Labute approximate surface area is 232 Å². The maximum absolute atomic E-state index is 13.3. The Balaban J connectivity index is 1.49. The number of rotatable bonds is 6. The quantitative estimate of drug-likeness (QED) is 0.249. The van der Waals surface area contributed by atoms with E-state index < -0.39 is 28.8 Å². The predicted octanol–water partition coefficient (Wildman–Crippen LogP) is 6.30. The number of carbonyl (C=O) groups is 1. The summed E-state index contributed by atoms with van der Waals surface area (Å²) in [4.78, 5) is 33.2. The first kappa shape index (κ1) is 27.1. The minimum Gasteiger partial charge on any atom is -0.491 e. The number of pyridine rings is 1. The molecule has 0 spiro atoms. The molecule has 40 heavy (non-hydrogen) atoms. The number of aromatic nitrogens is 3. The molecule has 2 aromatic carbocycles. The molecule has 5 aromatic rings. The van der Waals surface area contributed by atoms with Crippen molar-refractivity contribution in [3.05, 3.63) is 85.9 Å². The van der Waals surface area contributed by atoms with E-state index in [0.29, 0.717) is 38.2 Å². The highest BCUT2D eigenvalue weighted by Crippen LogP contribution is 2.39. The van der Waals surface area contributed by atoms with Gasteiger partial charge >= 0.3 is 12.1 Å². The maximum atomic E-state index is 13.3. The Morgan fingerprint density at radius 2 is 2.00 bits per heavy atom. The van der Waals surface area contributed by atoms with Gasteiger partial charge in [-0.1, -0.05) is 11.6 Å². The number of hydrogen-bond acceptors (Lipinski definition) is 7. The zero-order valence-corrected chi connectivity index (χ0v) is 22.0. The van der Waals surface area contributed by atoms with Gasteiger partial charge in [0.2, 0.25) is 0 Å². The third kappa shape index (κ3) is 4.85. The average molecular weight is 585 g/mol. The van der Waals surface area contributed by atoms with E-state index in [4.69, 9.17) is 16.3 Å². The van der Waals surface area contributed by atoms with Gasteiger partial charge < -0.3 is 9.84 Å². The molecule has 202 valence electrons. The van der Waals surface area contributed by atoms with Gasteiger partial charge in [0.05, 0.1) is 44.4 Å². The summed E-state index contributed by atoms with van der Waals surface area (Å²) in [6.07, 6.45) is -3.21. The first-order chi connectivity index (χ1) is 19.0. The molecule has 5 rings (SSSR count). The number of benzene rings is 2. The van der Waals surface area contributed by atoms with Gasteiger partial charge in [-0.15, -0.1) is 11.3 Å². The normalized spacial score (nSPS) is 11.6. The van der Waals surface area contributed by atoms with Gasteiger partial charge in [0.1, 0.15) is 24.3 Å². The van der Waals surface area contributed by atoms with Crippen LogP contribution in [0.25, 0.3) is 32.2 Å². The Morgan fingerprint density at radius 3 is 2.70 bits per heavy atom. The van der Waals surface area contributed by atoms with E-state index in [2.05, 4.69) is 9.97 Å². The fourth-order valence-electron chi connectivity index (χ4n) is 4.35. The van der Waals surface area contributed by atoms with Gasteiger partial charge in [-0.05, 0) is 43.3 Å². The summed E-state index contributed by atoms with van der Waals surface area (Å²) in [6.45, 7) is 1.42. The molecule has 0 saturated carbocycles. The smallest absolute Gasteiger partial charge is 0.416 e. The Hall–Kier alpha value is -4.47. The summed E-state index contributed by atoms with van der Waals surface area (Å²) >= 11 is 7.47. The molecule has 0 bridgehead atoms. The molecule has 0 saturated heterocycles. The number of thiophene rings is 1. The fourth-order valence-corrected chi connectivity index (χ4v) is 5.55. The number of alkyl halides is 3. The van der Waals surface area contributed by atoms with Crippen molar-refractivity contribution < 1.29 is 27.8 Å². The molecule has 3 aromatic heterocycles. The zero-order chi connectivity index (χ0) is 28.8. The monoisotopic (exact) mass is 584 g/mol. The summed E-state index contributed by atoms with van der Waals surface area (Å²) in [7, 11) is 0. The lowest BCUT2D eigenvalue weighted by atomic mass is 10.0. The number of hydrogen-bond donors (Lipinski definition) is 1. The Bertz CT molecular complexity index is 1930. The summed E-state index contributed by atoms with van der Waals surface area (Å²) in [6, 6.07) is 9.68. The minimum absolute atomic E-state index is 0.0184. The van der Waals surface area contributed by atoms with Crippen LogP contribution in [-0.4, -0.2) is 32.2 Å². The number of aryl methyl sites for hydroxylation is 1. The molecule has 0 aliphatic carbocycles. The second-order valence-electron chi connectivity index (χ2n) is 8.62. The third-order valence-corrected chi connectivity index (χ3v) is 7.42. The van der Waals surface area contributed by atoms with Crippen LogP contribution in [0.3, 0.4) is 0 Å². The van der Waals surface area contributed by atoms with Gasteiger partial charge in [0, 0.05) is 27.7 Å². The van der Waals surface area contributed by atoms with E-state index in [0.717, 1.165) is 6.07 Å². The molecular formula is C27H16ClF3N4O4S. The lowest BCUT2D eigenvalue weighted by Crippen LogP contribution is -2.27. The van der Waals surface area contributed by atoms with Crippen molar-refractivity contribution in [1.29, 1.82) is 5.26 Å². The van der Waals surface area contributed by atoms with Crippen molar-refractivity contribution in [1.82, 2.24) is 14.5 Å². The second-order valence-corrected chi connectivity index (χ2v) is 9.94. The van der Waals surface area contributed by atoms with Crippen LogP contribution in [-0.2, 0) is 12.7 Å². The van der Waals surface area contributed by atoms with E-state index in [1.165, 1.54) is 34.4 Å². The van der Waals surface area contributed by atoms with Crippen LogP contribution in [0.1, 0.15) is 27.3 Å². The van der Waals surface area contributed by atoms with Crippen LogP contribution in [0, 0.1) is 18.3 Å². The molecule has 0 unspecified atom stereocenters. The van der Waals surface area contributed by atoms with Crippen LogP contribution in [0.2, 0.25) is 5.02 Å². The predicted molar refractivity (Wildman–Crippen MR) is 143 cm³/mol. The summed E-state index contributed by atoms with van der Waals surface area (Å²) in [5.41, 5.74) is -0.740. The van der Waals surface area contributed by atoms with E-state index in [1.807, 2.05) is 0 Å². The van der Waals surface area contributed by atoms with E-state index in [-0.39, 0.29) is 35.4 Å². The fraction of sp³-hybridized carbons (Fsp3) is 0.148. The van der Waals surface area contributed by atoms with E-state index in [9.17, 15) is 33.1 Å². The van der Waals surface area contributed by atoms with Crippen molar-refractivity contribution in [3.63, 3.8) is 0 Å². The Kier molecular flexibility index (Phi) is 6.95. The maximum Gasteiger partial charge on any atom is 0.416 e. The van der Waals surface area contributed by atoms with Gasteiger partial charge in [0.25, 0.3) is 5.56 Å². The van der Waals surface area contributed by atoms with Crippen molar-refractivity contribution >= 4 is 50.0 Å². The van der Waals surface area contributed by atoms with Crippen LogP contribution < -0.4 is 10.3 Å². The van der Waals surface area contributed by atoms with Crippen LogP contribution >= 0.6 is 22.9 Å². The van der Waals surface area contributed by atoms with Crippen molar-refractivity contribution in [3.8, 4) is 22.9 Å². The molecule has 0 fully saturated rings. The average Bonchev–Trinajstić information content (AvgIpc) is 3.34. The molecular weight excluding hydrogens is 569 g/mol. The lowest BCUT2D eigenvalue weighted by Gasteiger charge is -2.16.